The van der Waals surface area contributed by atoms with Crippen molar-refractivity contribution in [3.05, 3.63) is 0 Å². The third kappa shape index (κ3) is 15.6. The second-order valence-corrected chi connectivity index (χ2v) is 21.8. The summed E-state index contributed by atoms with van der Waals surface area (Å²) in [7, 11) is 0. The van der Waals surface area contributed by atoms with Crippen LogP contribution in [-0.4, -0.2) is 372 Å². The minimum absolute atomic E-state index is 0.864. The number of amides is 3. The van der Waals surface area contributed by atoms with E-state index in [9.17, 15) is 131 Å². The quantitative estimate of drug-likeness (QED) is 0.0404. The first-order valence-corrected chi connectivity index (χ1v) is 27.4. The van der Waals surface area contributed by atoms with Crippen LogP contribution in [0.5, 0.6) is 0 Å². The van der Waals surface area contributed by atoms with E-state index in [1.807, 2.05) is 0 Å². The first-order chi connectivity index (χ1) is 41.3. The fourth-order valence-corrected chi connectivity index (χ4v) is 11.1. The fraction of sp³-hybridized carbons (Fsp3) is 0.896. The predicted molar refractivity (Wildman–Crippen MR) is 268 cm³/mol. The van der Waals surface area contributed by atoms with Gasteiger partial charge in [0.25, 0.3) is 11.6 Å². The number of aliphatic hydroxyl groups excluding tert-OH is 19. The molecule has 6 rings (SSSR count). The van der Waals surface area contributed by atoms with Gasteiger partial charge < -0.3 is 175 Å². The molecule has 6 aliphatic heterocycles. The van der Waals surface area contributed by atoms with Crippen LogP contribution in [-0.2, 0) is 76.1 Å². The van der Waals surface area contributed by atoms with E-state index >= 15 is 0 Å². The maximum atomic E-state index is 13.6. The number of carboxylic acids is 2. The van der Waals surface area contributed by atoms with Gasteiger partial charge in [-0.2, -0.15) is 0 Å². The average molecular weight is 1290 g/mol. The molecule has 3 amide bonds. The molecule has 32 atom stereocenters. The van der Waals surface area contributed by atoms with Gasteiger partial charge in [-0.15, -0.1) is 0 Å². The Bertz CT molecular complexity index is 2320. The first kappa shape index (κ1) is 73.2. The Morgan fingerprint density at radius 3 is 1.23 bits per heavy atom. The van der Waals surface area contributed by atoms with E-state index in [0.717, 1.165) is 20.8 Å². The number of carbonyl (C=O) groups excluding carboxylic acids is 3. The monoisotopic (exact) mass is 1290 g/mol. The van der Waals surface area contributed by atoms with Crippen LogP contribution in [0.4, 0.5) is 0 Å². The van der Waals surface area contributed by atoms with E-state index in [1.165, 1.54) is 0 Å². The topological polar surface area (TPSA) is 648 Å². The van der Waals surface area contributed by atoms with Gasteiger partial charge in [-0.05, 0) is 0 Å². The summed E-state index contributed by atoms with van der Waals surface area (Å²) in [5.41, 5.74) is 0. The van der Waals surface area contributed by atoms with Crippen molar-refractivity contribution in [3.63, 3.8) is 0 Å². The van der Waals surface area contributed by atoms with E-state index in [4.69, 9.17) is 52.1 Å². The number of carboxylic acid groups (broad SMARTS) is 2. The smallest absolute Gasteiger partial charge is 0.364 e. The van der Waals surface area contributed by atoms with Crippen LogP contribution in [0.1, 0.15) is 33.6 Å². The van der Waals surface area contributed by atoms with Crippen molar-refractivity contribution in [2.24, 2.45) is 0 Å². The van der Waals surface area contributed by atoms with Gasteiger partial charge in [-0.1, -0.05) is 0 Å². The largest absolute Gasteiger partial charge is 0.477 e. The van der Waals surface area contributed by atoms with E-state index in [2.05, 4.69) is 16.0 Å². The summed E-state index contributed by atoms with van der Waals surface area (Å²) in [6.07, 6.45) is -63.1. The van der Waals surface area contributed by atoms with Crippen molar-refractivity contribution in [3.8, 4) is 0 Å². The summed E-state index contributed by atoms with van der Waals surface area (Å²) in [6.45, 7) is -4.55. The zero-order valence-electron chi connectivity index (χ0n) is 46.9. The molecule has 0 saturated carbocycles. The number of hydrogen-bond donors (Lipinski definition) is 24. The molecule has 6 aliphatic rings. The summed E-state index contributed by atoms with van der Waals surface area (Å²) >= 11 is 0. The van der Waals surface area contributed by atoms with Gasteiger partial charge in [0.05, 0.1) is 63.9 Å². The van der Waals surface area contributed by atoms with Gasteiger partial charge in [0.2, 0.25) is 17.7 Å². The van der Waals surface area contributed by atoms with Crippen molar-refractivity contribution in [1.82, 2.24) is 16.0 Å². The van der Waals surface area contributed by atoms with E-state index in [0.29, 0.717) is 0 Å². The summed E-state index contributed by atoms with van der Waals surface area (Å²) in [5.74, 6) is -14.0. The molecule has 6 heterocycles. The lowest BCUT2D eigenvalue weighted by Gasteiger charge is -2.53. The molecule has 88 heavy (non-hydrogen) atoms. The lowest BCUT2D eigenvalue weighted by molar-refractivity contribution is -0.404. The van der Waals surface area contributed by atoms with Gasteiger partial charge in [0.1, 0.15) is 134 Å². The van der Waals surface area contributed by atoms with E-state index < -0.39 is 277 Å². The van der Waals surface area contributed by atoms with Crippen molar-refractivity contribution in [1.29, 1.82) is 0 Å². The molecular formula is C48H79N3O37. The fourth-order valence-electron chi connectivity index (χ4n) is 11.1. The lowest BCUT2D eigenvalue weighted by atomic mass is 9.88. The third-order valence-corrected chi connectivity index (χ3v) is 15.6. The van der Waals surface area contributed by atoms with Crippen LogP contribution in [0, 0.1) is 0 Å². The van der Waals surface area contributed by atoms with Crippen LogP contribution in [0.15, 0.2) is 0 Å². The minimum atomic E-state index is -3.44. The molecule has 40 nitrogen and oxygen atoms in total. The molecule has 0 spiro atoms. The lowest BCUT2D eigenvalue weighted by Crippen LogP contribution is -2.72. The Balaban J connectivity index is 1.42. The molecule has 0 aromatic carbocycles. The maximum absolute atomic E-state index is 13.6. The SMILES string of the molecule is CC(=O)NC1C(O[C@@H]2OC(CO)[C@H](O)C(O[C@]3(C(=O)O)CC(O)[C@@H](NC(C)=O)C([C@H](O)[C@H](O)CO)O3)C2O)[C@@H](O)C(CO)O[C@H]1O[C@H]1C(CO)O[C@@H](O[C@@H]2C(CO)O[C@@H](O)C(O)C2O)C(O)C1O[C@]1(C(=O)O)CC(O)[C@@H](NC(C)=O)C([C@H](O)[C@H](O)CO)O1. The Morgan fingerprint density at radius 2 is 0.807 bits per heavy atom. The van der Waals surface area contributed by atoms with Gasteiger partial charge in [0, 0.05) is 33.6 Å². The highest BCUT2D eigenvalue weighted by atomic mass is 16.8. The molecule has 6 fully saturated rings. The van der Waals surface area contributed by atoms with Crippen molar-refractivity contribution < 1.29 is 183 Å². The highest BCUT2D eigenvalue weighted by molar-refractivity contribution is 5.77. The molecule has 6 saturated heterocycles. The number of rotatable bonds is 25. The molecule has 508 valence electrons. The van der Waals surface area contributed by atoms with Crippen LogP contribution in [0.25, 0.3) is 0 Å². The van der Waals surface area contributed by atoms with E-state index in [-0.39, 0.29) is 0 Å². The first-order valence-electron chi connectivity index (χ1n) is 27.4. The number of hydrogen-bond acceptors (Lipinski definition) is 35. The number of aliphatic hydroxyl groups is 19. The van der Waals surface area contributed by atoms with Crippen molar-refractivity contribution in [2.75, 3.05) is 39.6 Å². The maximum Gasteiger partial charge on any atom is 0.364 e. The Hall–Kier alpha value is -3.85. The van der Waals surface area contributed by atoms with Crippen molar-refractivity contribution in [2.45, 2.75) is 229 Å². The Kier molecular flexibility index (Phi) is 25.6. The molecule has 0 bridgehead atoms. The average Bonchev–Trinajstić information content (AvgIpc) is 1.08. The summed E-state index contributed by atoms with van der Waals surface area (Å²) in [5, 5.41) is 235. The number of aliphatic carboxylic acids is 2. The summed E-state index contributed by atoms with van der Waals surface area (Å²) in [4.78, 5) is 64.4. The third-order valence-electron chi connectivity index (χ3n) is 15.6. The molecule has 0 aliphatic carbocycles. The Labute approximate surface area is 496 Å². The predicted octanol–water partition coefficient (Wildman–Crippen LogP) is -15.3. The molecule has 24 N–H and O–H groups in total. The number of ether oxygens (including phenoxy) is 11. The molecule has 0 aromatic rings. The van der Waals surface area contributed by atoms with Crippen LogP contribution in [0.2, 0.25) is 0 Å². The Morgan fingerprint density at radius 1 is 0.443 bits per heavy atom. The molecule has 40 heteroatoms. The molecule has 0 aromatic heterocycles. The van der Waals surface area contributed by atoms with Gasteiger partial charge in [0.15, 0.2) is 25.2 Å². The number of nitrogens with one attached hydrogen (secondary N) is 3. The zero-order valence-corrected chi connectivity index (χ0v) is 46.9. The van der Waals surface area contributed by atoms with Gasteiger partial charge in [-0.3, -0.25) is 14.4 Å². The molecule has 0 radical (unpaired) electrons. The highest BCUT2D eigenvalue weighted by Gasteiger charge is 2.64. The van der Waals surface area contributed by atoms with E-state index in [1.54, 1.807) is 0 Å². The zero-order chi connectivity index (χ0) is 65.8. The standard InChI is InChI=1S/C48H79N3O37/c1-12(58)49-23-15(61)4-47(45(74)75,85-37(23)26(65)17(63)6-52)87-39-29(68)20(9-55)80-43(32(39)71)84-36-25(51-14(3)60)42(79-19(8-54)28(36)67)83-35-22(11-57)81-44(82-34-21(10-56)78-41(73)31(70)30(34)69)33(72)40(35)88-48(46(76)77)5-16(62)24(50-13(2)59)38(86-48)27(66)18(64)7-53/h15-44,52-57,61-73H,4-11H2,1-3H3,(H,49,58)(H,50,59)(H,51,60)(H,74,75)(H,76,77)/t15?,16?,17-,18-,19?,20?,21?,22?,23-,24-,25?,26-,27-,28+,29+,30?,31?,32?,33?,34-,35+,36?,37?,38?,39?,40?,41-,42+,43+,44+,47+,48+/m1/s1. The second kappa shape index (κ2) is 30.7. The second-order valence-electron chi connectivity index (χ2n) is 21.8. The van der Waals surface area contributed by atoms with Crippen LogP contribution < -0.4 is 16.0 Å². The molecular weight excluding hydrogens is 1210 g/mol. The highest BCUT2D eigenvalue weighted by Crippen LogP contribution is 2.42. The summed E-state index contributed by atoms with van der Waals surface area (Å²) in [6, 6.07) is -5.66. The summed E-state index contributed by atoms with van der Waals surface area (Å²) < 4.78 is 63.8. The number of carbonyl (C=O) groups is 5. The van der Waals surface area contributed by atoms with Gasteiger partial charge >= 0.3 is 11.9 Å². The van der Waals surface area contributed by atoms with Crippen molar-refractivity contribution >= 4 is 29.7 Å². The van der Waals surface area contributed by atoms with Gasteiger partial charge in [-0.25, -0.2) is 9.59 Å². The molecule has 16 unspecified atom stereocenters. The minimum Gasteiger partial charge on any atom is -0.477 e. The van der Waals surface area contributed by atoms with Crippen LogP contribution in [0.3, 0.4) is 0 Å². The normalized spacial score (nSPS) is 44.6. The van der Waals surface area contributed by atoms with Crippen LogP contribution >= 0.6 is 0 Å².